The van der Waals surface area contributed by atoms with Gasteiger partial charge in [-0.05, 0) is 6.42 Å². The van der Waals surface area contributed by atoms with Gasteiger partial charge in [-0.3, -0.25) is 0 Å². The van der Waals surface area contributed by atoms with E-state index < -0.39 is 12.1 Å². The van der Waals surface area contributed by atoms with Crippen molar-refractivity contribution in [3.8, 4) is 0 Å². The molecule has 17 heavy (non-hydrogen) atoms. The first kappa shape index (κ1) is 14.2. The molecular formula is C12H20O5. The number of rotatable bonds is 8. The zero-order chi connectivity index (χ0) is 12.7. The molecule has 1 saturated heterocycles. The highest BCUT2D eigenvalue weighted by atomic mass is 16.5. The van der Waals surface area contributed by atoms with E-state index in [1.807, 2.05) is 0 Å². The van der Waals surface area contributed by atoms with Gasteiger partial charge in [0.05, 0.1) is 26.4 Å². The Bertz CT molecular complexity index is 254. The van der Waals surface area contributed by atoms with Gasteiger partial charge in [0.1, 0.15) is 12.7 Å². The van der Waals surface area contributed by atoms with E-state index in [4.69, 9.17) is 14.2 Å². The van der Waals surface area contributed by atoms with Gasteiger partial charge in [-0.15, -0.1) is 0 Å². The molecule has 1 atom stereocenters. The first-order chi connectivity index (χ1) is 8.12. The Kier molecular flexibility index (Phi) is 5.61. The lowest BCUT2D eigenvalue weighted by atomic mass is 9.84. The molecule has 5 heteroatoms. The topological polar surface area (TPSA) is 65.0 Å². The van der Waals surface area contributed by atoms with E-state index in [0.29, 0.717) is 19.8 Å². The summed E-state index contributed by atoms with van der Waals surface area (Å²) >= 11 is 0. The predicted molar refractivity (Wildman–Crippen MR) is 61.5 cm³/mol. The lowest BCUT2D eigenvalue weighted by Gasteiger charge is -2.40. The molecule has 1 heterocycles. The molecule has 1 unspecified atom stereocenters. The van der Waals surface area contributed by atoms with Crippen molar-refractivity contribution < 1.29 is 24.1 Å². The number of carbonyl (C=O) groups is 1. The normalized spacial score (nSPS) is 19.2. The van der Waals surface area contributed by atoms with Crippen LogP contribution in [0, 0.1) is 5.41 Å². The summed E-state index contributed by atoms with van der Waals surface area (Å²) < 4.78 is 15.3. The Labute approximate surface area is 101 Å². The van der Waals surface area contributed by atoms with Crippen molar-refractivity contribution in [1.82, 2.24) is 0 Å². The van der Waals surface area contributed by atoms with E-state index in [9.17, 15) is 9.90 Å². The zero-order valence-corrected chi connectivity index (χ0v) is 10.2. The molecule has 0 radical (unpaired) electrons. The number of aliphatic hydroxyl groups is 1. The van der Waals surface area contributed by atoms with Gasteiger partial charge in [-0.25, -0.2) is 4.79 Å². The lowest BCUT2D eigenvalue weighted by molar-refractivity contribution is -0.159. The summed E-state index contributed by atoms with van der Waals surface area (Å²) in [5.41, 5.74) is 0.109. The molecule has 0 amide bonds. The Balaban J connectivity index is 2.09. The monoisotopic (exact) mass is 244 g/mol. The van der Waals surface area contributed by atoms with Crippen LogP contribution < -0.4 is 0 Å². The highest BCUT2D eigenvalue weighted by Gasteiger charge is 2.37. The highest BCUT2D eigenvalue weighted by Crippen LogP contribution is 2.31. The van der Waals surface area contributed by atoms with Gasteiger partial charge in [0.2, 0.25) is 0 Å². The molecule has 0 aromatic rings. The van der Waals surface area contributed by atoms with Crippen molar-refractivity contribution in [3.05, 3.63) is 12.7 Å². The van der Waals surface area contributed by atoms with Crippen molar-refractivity contribution in [2.45, 2.75) is 19.4 Å². The van der Waals surface area contributed by atoms with E-state index >= 15 is 0 Å². The SMILES string of the molecule is C=CC(=O)OCC(O)COCC1(CC)COC1. The van der Waals surface area contributed by atoms with E-state index in [2.05, 4.69) is 13.5 Å². The number of hydrogen-bond acceptors (Lipinski definition) is 5. The van der Waals surface area contributed by atoms with E-state index in [1.54, 1.807) is 0 Å². The molecule has 0 aliphatic carbocycles. The number of aliphatic hydroxyl groups excluding tert-OH is 1. The van der Waals surface area contributed by atoms with Crippen LogP contribution in [0.5, 0.6) is 0 Å². The van der Waals surface area contributed by atoms with Crippen LogP contribution in [0.2, 0.25) is 0 Å². The van der Waals surface area contributed by atoms with Crippen molar-refractivity contribution >= 4 is 5.97 Å². The fraction of sp³-hybridized carbons (Fsp3) is 0.750. The fourth-order valence-electron chi connectivity index (χ4n) is 1.48. The largest absolute Gasteiger partial charge is 0.460 e. The van der Waals surface area contributed by atoms with E-state index in [1.165, 1.54) is 0 Å². The Hall–Kier alpha value is -0.910. The molecule has 98 valence electrons. The maximum absolute atomic E-state index is 10.7. The maximum atomic E-state index is 10.7. The average Bonchev–Trinajstić information content (AvgIpc) is 2.29. The minimum atomic E-state index is -0.797. The molecular weight excluding hydrogens is 224 g/mol. The number of esters is 1. The quantitative estimate of drug-likeness (QED) is 0.498. The second-order valence-electron chi connectivity index (χ2n) is 4.35. The van der Waals surface area contributed by atoms with Crippen LogP contribution in [-0.2, 0) is 19.0 Å². The molecule has 1 fully saturated rings. The zero-order valence-electron chi connectivity index (χ0n) is 10.2. The molecule has 0 bridgehead atoms. The van der Waals surface area contributed by atoms with Gasteiger partial charge >= 0.3 is 5.97 Å². The summed E-state index contributed by atoms with van der Waals surface area (Å²) in [6, 6.07) is 0. The standard InChI is InChI=1S/C12H20O5/c1-3-11(14)17-6-10(13)5-15-7-12(4-2)8-16-9-12/h3,10,13H,1,4-9H2,2H3. The second-order valence-corrected chi connectivity index (χ2v) is 4.35. The van der Waals surface area contributed by atoms with Gasteiger partial charge in [-0.2, -0.15) is 0 Å². The summed E-state index contributed by atoms with van der Waals surface area (Å²) in [6.45, 7) is 7.43. The highest BCUT2D eigenvalue weighted by molar-refractivity contribution is 5.81. The lowest BCUT2D eigenvalue weighted by Crippen LogP contribution is -2.46. The fourth-order valence-corrected chi connectivity index (χ4v) is 1.48. The van der Waals surface area contributed by atoms with Gasteiger partial charge in [0.15, 0.2) is 0 Å². The van der Waals surface area contributed by atoms with E-state index in [0.717, 1.165) is 12.5 Å². The summed E-state index contributed by atoms with van der Waals surface area (Å²) in [5, 5.41) is 9.49. The van der Waals surface area contributed by atoms with Crippen molar-refractivity contribution in [3.63, 3.8) is 0 Å². The molecule has 0 spiro atoms. The van der Waals surface area contributed by atoms with Crippen LogP contribution in [0.3, 0.4) is 0 Å². The van der Waals surface area contributed by atoms with Gasteiger partial charge in [0, 0.05) is 11.5 Å². The predicted octanol–water partition coefficient (Wildman–Crippen LogP) is 0.520. The van der Waals surface area contributed by atoms with Crippen LogP contribution in [-0.4, -0.2) is 50.2 Å². The van der Waals surface area contributed by atoms with Crippen LogP contribution in [0.15, 0.2) is 12.7 Å². The third kappa shape index (κ3) is 4.46. The van der Waals surface area contributed by atoms with Crippen LogP contribution in [0.4, 0.5) is 0 Å². The molecule has 1 N–H and O–H groups in total. The van der Waals surface area contributed by atoms with Crippen molar-refractivity contribution in [2.75, 3.05) is 33.0 Å². The number of hydrogen-bond donors (Lipinski definition) is 1. The molecule has 0 aromatic carbocycles. The van der Waals surface area contributed by atoms with Gasteiger partial charge < -0.3 is 19.3 Å². The summed E-state index contributed by atoms with van der Waals surface area (Å²) in [5.74, 6) is -0.540. The summed E-state index contributed by atoms with van der Waals surface area (Å²) in [4.78, 5) is 10.7. The van der Waals surface area contributed by atoms with Gasteiger partial charge in [-0.1, -0.05) is 13.5 Å². The minimum Gasteiger partial charge on any atom is -0.460 e. The molecule has 0 saturated carbocycles. The second kappa shape index (κ2) is 6.74. The Morgan fingerprint density at radius 3 is 2.76 bits per heavy atom. The van der Waals surface area contributed by atoms with Crippen molar-refractivity contribution in [1.29, 1.82) is 0 Å². The molecule has 5 nitrogen and oxygen atoms in total. The number of ether oxygens (including phenoxy) is 3. The van der Waals surface area contributed by atoms with E-state index in [-0.39, 0.29) is 18.6 Å². The first-order valence-electron chi connectivity index (χ1n) is 5.74. The van der Waals surface area contributed by atoms with Crippen LogP contribution in [0.25, 0.3) is 0 Å². The summed E-state index contributed by atoms with van der Waals surface area (Å²) in [6.07, 6.45) is 1.26. The first-order valence-corrected chi connectivity index (χ1v) is 5.74. The summed E-state index contributed by atoms with van der Waals surface area (Å²) in [7, 11) is 0. The molecule has 1 rings (SSSR count). The van der Waals surface area contributed by atoms with Crippen LogP contribution >= 0.6 is 0 Å². The smallest absolute Gasteiger partial charge is 0.330 e. The number of carbonyl (C=O) groups excluding carboxylic acids is 1. The Morgan fingerprint density at radius 2 is 2.29 bits per heavy atom. The third-order valence-electron chi connectivity index (χ3n) is 2.87. The van der Waals surface area contributed by atoms with Crippen LogP contribution in [0.1, 0.15) is 13.3 Å². The molecule has 1 aliphatic heterocycles. The minimum absolute atomic E-state index is 0.0690. The third-order valence-corrected chi connectivity index (χ3v) is 2.87. The molecule has 0 aromatic heterocycles. The maximum Gasteiger partial charge on any atom is 0.330 e. The Morgan fingerprint density at radius 1 is 1.59 bits per heavy atom. The van der Waals surface area contributed by atoms with Gasteiger partial charge in [0.25, 0.3) is 0 Å². The average molecular weight is 244 g/mol. The van der Waals surface area contributed by atoms with Crippen molar-refractivity contribution in [2.24, 2.45) is 5.41 Å². The molecule has 1 aliphatic rings.